The van der Waals surface area contributed by atoms with Gasteiger partial charge in [-0.2, -0.15) is 4.98 Å². The minimum Gasteiger partial charge on any atom is -0.337 e. The van der Waals surface area contributed by atoms with Crippen LogP contribution in [0.5, 0.6) is 0 Å². The van der Waals surface area contributed by atoms with Gasteiger partial charge < -0.3 is 10.3 Å². The molecule has 0 aliphatic carbocycles. The van der Waals surface area contributed by atoms with Crippen LogP contribution in [0.2, 0.25) is 0 Å². The molecule has 2 rings (SSSR count). The fourth-order valence-electron chi connectivity index (χ4n) is 1.57. The first-order chi connectivity index (χ1) is 8.20. The SMILES string of the molecule is CCC[C@H](N)c1nc(-c2cccc(F)c2)no1. The van der Waals surface area contributed by atoms with Gasteiger partial charge in [-0.1, -0.05) is 30.6 Å². The predicted molar refractivity (Wildman–Crippen MR) is 61.5 cm³/mol. The van der Waals surface area contributed by atoms with E-state index in [0.29, 0.717) is 17.3 Å². The van der Waals surface area contributed by atoms with Gasteiger partial charge in [-0.25, -0.2) is 4.39 Å². The van der Waals surface area contributed by atoms with Crippen LogP contribution in [-0.4, -0.2) is 10.1 Å². The highest BCUT2D eigenvalue weighted by Crippen LogP contribution is 2.20. The van der Waals surface area contributed by atoms with Crippen LogP contribution in [0.4, 0.5) is 4.39 Å². The summed E-state index contributed by atoms with van der Waals surface area (Å²) in [5.41, 5.74) is 6.44. The highest BCUT2D eigenvalue weighted by molar-refractivity contribution is 5.53. The van der Waals surface area contributed by atoms with Gasteiger partial charge in [0.05, 0.1) is 6.04 Å². The van der Waals surface area contributed by atoms with Crippen LogP contribution in [0.25, 0.3) is 11.4 Å². The van der Waals surface area contributed by atoms with Crippen molar-refractivity contribution >= 4 is 0 Å². The van der Waals surface area contributed by atoms with Crippen LogP contribution in [0.3, 0.4) is 0 Å². The number of rotatable bonds is 4. The maximum absolute atomic E-state index is 13.0. The quantitative estimate of drug-likeness (QED) is 0.884. The highest BCUT2D eigenvalue weighted by Gasteiger charge is 2.14. The Balaban J connectivity index is 2.23. The lowest BCUT2D eigenvalue weighted by Crippen LogP contribution is -2.09. The zero-order valence-electron chi connectivity index (χ0n) is 9.56. The van der Waals surface area contributed by atoms with Crippen molar-refractivity contribution in [3.63, 3.8) is 0 Å². The summed E-state index contributed by atoms with van der Waals surface area (Å²) in [5.74, 6) is 0.434. The molecule has 2 N–H and O–H groups in total. The third-order valence-electron chi connectivity index (χ3n) is 2.44. The largest absolute Gasteiger partial charge is 0.337 e. The van der Waals surface area contributed by atoms with Crippen molar-refractivity contribution < 1.29 is 8.91 Å². The summed E-state index contributed by atoms with van der Waals surface area (Å²) < 4.78 is 18.1. The Morgan fingerprint density at radius 3 is 3.00 bits per heavy atom. The van der Waals surface area contributed by atoms with Crippen LogP contribution in [0, 0.1) is 5.82 Å². The van der Waals surface area contributed by atoms with Crippen molar-refractivity contribution in [1.82, 2.24) is 10.1 Å². The van der Waals surface area contributed by atoms with E-state index in [1.165, 1.54) is 12.1 Å². The van der Waals surface area contributed by atoms with E-state index in [9.17, 15) is 4.39 Å². The molecule has 2 aromatic rings. The number of aromatic nitrogens is 2. The lowest BCUT2D eigenvalue weighted by atomic mass is 10.2. The molecule has 1 atom stereocenters. The first-order valence-electron chi connectivity index (χ1n) is 5.56. The second kappa shape index (κ2) is 5.05. The minimum absolute atomic E-state index is 0.255. The normalized spacial score (nSPS) is 12.6. The fraction of sp³-hybridized carbons (Fsp3) is 0.333. The van der Waals surface area contributed by atoms with Gasteiger partial charge in [0.25, 0.3) is 0 Å². The van der Waals surface area contributed by atoms with E-state index in [1.54, 1.807) is 12.1 Å². The summed E-state index contributed by atoms with van der Waals surface area (Å²) in [6, 6.07) is 5.80. The molecule has 0 radical (unpaired) electrons. The number of nitrogens with zero attached hydrogens (tertiary/aromatic N) is 2. The van der Waals surface area contributed by atoms with Crippen molar-refractivity contribution in [3.8, 4) is 11.4 Å². The Bertz CT molecular complexity index is 498. The van der Waals surface area contributed by atoms with Crippen LogP contribution in [0.1, 0.15) is 31.7 Å². The number of nitrogens with two attached hydrogens (primary N) is 1. The van der Waals surface area contributed by atoms with Crippen molar-refractivity contribution in [3.05, 3.63) is 36.0 Å². The average Bonchev–Trinajstić information content (AvgIpc) is 2.78. The van der Waals surface area contributed by atoms with Gasteiger partial charge in [-0.05, 0) is 18.6 Å². The van der Waals surface area contributed by atoms with Gasteiger partial charge in [0.15, 0.2) is 0 Å². The monoisotopic (exact) mass is 235 g/mol. The molecule has 17 heavy (non-hydrogen) atoms. The lowest BCUT2D eigenvalue weighted by Gasteiger charge is -2.02. The predicted octanol–water partition coefficient (Wildman–Crippen LogP) is 2.68. The van der Waals surface area contributed by atoms with Crippen molar-refractivity contribution in [2.45, 2.75) is 25.8 Å². The maximum atomic E-state index is 13.0. The second-order valence-corrected chi connectivity index (χ2v) is 3.86. The van der Waals surface area contributed by atoms with E-state index in [4.69, 9.17) is 10.3 Å². The summed E-state index contributed by atoms with van der Waals surface area (Å²) in [6.45, 7) is 2.03. The number of hydrogen-bond donors (Lipinski definition) is 1. The molecular weight excluding hydrogens is 221 g/mol. The Hall–Kier alpha value is -1.75. The first kappa shape index (κ1) is 11.7. The standard InChI is InChI=1S/C12H14FN3O/c1-2-4-10(14)12-15-11(16-17-12)8-5-3-6-9(13)7-8/h3,5-7,10H,2,4,14H2,1H3/t10-/m0/s1. The van der Waals surface area contributed by atoms with Crippen molar-refractivity contribution in [2.75, 3.05) is 0 Å². The smallest absolute Gasteiger partial charge is 0.243 e. The van der Waals surface area contributed by atoms with Crippen molar-refractivity contribution in [1.29, 1.82) is 0 Å². The van der Waals surface area contributed by atoms with E-state index in [-0.39, 0.29) is 11.9 Å². The number of benzene rings is 1. The topological polar surface area (TPSA) is 64.9 Å². The molecule has 0 unspecified atom stereocenters. The van der Waals surface area contributed by atoms with Gasteiger partial charge in [0.2, 0.25) is 11.7 Å². The Morgan fingerprint density at radius 1 is 1.47 bits per heavy atom. The Morgan fingerprint density at radius 2 is 2.29 bits per heavy atom. The minimum atomic E-state index is -0.327. The zero-order valence-corrected chi connectivity index (χ0v) is 9.56. The molecule has 4 nitrogen and oxygen atoms in total. The summed E-state index contributed by atoms with van der Waals surface area (Å²) in [6.07, 6.45) is 1.73. The molecule has 1 aromatic carbocycles. The fourth-order valence-corrected chi connectivity index (χ4v) is 1.57. The molecule has 0 saturated carbocycles. The molecule has 0 spiro atoms. The van der Waals surface area contributed by atoms with Crippen LogP contribution in [0.15, 0.2) is 28.8 Å². The van der Waals surface area contributed by atoms with Crippen LogP contribution >= 0.6 is 0 Å². The third-order valence-corrected chi connectivity index (χ3v) is 2.44. The van der Waals surface area contributed by atoms with E-state index in [2.05, 4.69) is 10.1 Å². The summed E-state index contributed by atoms with van der Waals surface area (Å²) in [7, 11) is 0. The third kappa shape index (κ3) is 2.68. The van der Waals surface area contributed by atoms with Crippen LogP contribution in [-0.2, 0) is 0 Å². The van der Waals surface area contributed by atoms with E-state index in [0.717, 1.165) is 12.8 Å². The molecule has 0 aliphatic rings. The van der Waals surface area contributed by atoms with Gasteiger partial charge in [0, 0.05) is 5.56 Å². The van der Waals surface area contributed by atoms with Gasteiger partial charge in [0.1, 0.15) is 5.82 Å². The maximum Gasteiger partial charge on any atom is 0.243 e. The molecule has 1 heterocycles. The average molecular weight is 235 g/mol. The highest BCUT2D eigenvalue weighted by atomic mass is 19.1. The molecule has 0 fully saturated rings. The molecule has 0 bridgehead atoms. The number of halogens is 1. The summed E-state index contributed by atoms with van der Waals surface area (Å²) >= 11 is 0. The second-order valence-electron chi connectivity index (χ2n) is 3.86. The van der Waals surface area contributed by atoms with E-state index in [1.807, 2.05) is 6.92 Å². The Labute approximate surface area is 98.6 Å². The summed E-state index contributed by atoms with van der Waals surface area (Å²) in [5, 5.41) is 3.80. The Kier molecular flexibility index (Phi) is 3.49. The molecule has 0 amide bonds. The molecule has 90 valence electrons. The van der Waals surface area contributed by atoms with E-state index < -0.39 is 0 Å². The molecule has 0 aliphatic heterocycles. The molecule has 5 heteroatoms. The van der Waals surface area contributed by atoms with Gasteiger partial charge in [-0.3, -0.25) is 0 Å². The van der Waals surface area contributed by atoms with Gasteiger partial charge in [-0.15, -0.1) is 0 Å². The molecule has 0 saturated heterocycles. The van der Waals surface area contributed by atoms with Crippen LogP contribution < -0.4 is 5.73 Å². The van der Waals surface area contributed by atoms with E-state index >= 15 is 0 Å². The molecular formula is C12H14FN3O. The first-order valence-corrected chi connectivity index (χ1v) is 5.56. The van der Waals surface area contributed by atoms with Gasteiger partial charge >= 0.3 is 0 Å². The van der Waals surface area contributed by atoms with Crippen molar-refractivity contribution in [2.24, 2.45) is 5.73 Å². The summed E-state index contributed by atoms with van der Waals surface area (Å²) in [4.78, 5) is 4.17. The molecule has 1 aromatic heterocycles. The zero-order chi connectivity index (χ0) is 12.3. The lowest BCUT2D eigenvalue weighted by molar-refractivity contribution is 0.348. The number of hydrogen-bond acceptors (Lipinski definition) is 4.